The second kappa shape index (κ2) is 8.23. The number of allylic oxidation sites excluding steroid dienone is 3. The van der Waals surface area contributed by atoms with Crippen LogP contribution < -0.4 is 5.32 Å². The van der Waals surface area contributed by atoms with E-state index in [4.69, 9.17) is 0 Å². The van der Waals surface area contributed by atoms with Crippen LogP contribution in [-0.4, -0.2) is 40.5 Å². The summed E-state index contributed by atoms with van der Waals surface area (Å²) >= 11 is 1.84. The number of thiophene rings is 1. The van der Waals surface area contributed by atoms with Crippen molar-refractivity contribution < 1.29 is 4.39 Å². The van der Waals surface area contributed by atoms with Crippen LogP contribution in [0, 0.1) is 0 Å². The maximum Gasteiger partial charge on any atom is 0.169 e. The van der Waals surface area contributed by atoms with Crippen LogP contribution in [0.4, 0.5) is 10.2 Å². The monoisotopic (exact) mass is 408 g/mol. The van der Waals surface area contributed by atoms with Gasteiger partial charge < -0.3 is 5.32 Å². The van der Waals surface area contributed by atoms with Gasteiger partial charge in [0.2, 0.25) is 0 Å². The van der Waals surface area contributed by atoms with E-state index < -0.39 is 0 Å². The first kappa shape index (κ1) is 18.7. The number of fused-ring (bicyclic) bond motifs is 3. The SMILES string of the molecule is FC1=C=CC=CC=C1CN1CCC(Nc2ncnc3sc4c(c23)CCCC4)CC1. The normalized spacial score (nSPS) is 20.3. The van der Waals surface area contributed by atoms with E-state index in [1.807, 2.05) is 29.6 Å². The number of halogens is 1. The molecule has 5 rings (SSSR count). The van der Waals surface area contributed by atoms with Gasteiger partial charge in [-0.25, -0.2) is 9.97 Å². The number of aryl methyl sites for hydroxylation is 2. The summed E-state index contributed by atoms with van der Waals surface area (Å²) in [7, 11) is 0. The van der Waals surface area contributed by atoms with Gasteiger partial charge in [0.15, 0.2) is 5.83 Å². The molecule has 1 fully saturated rings. The smallest absolute Gasteiger partial charge is 0.169 e. The van der Waals surface area contributed by atoms with E-state index in [2.05, 4.69) is 25.9 Å². The zero-order valence-electron chi connectivity index (χ0n) is 16.5. The van der Waals surface area contributed by atoms with E-state index >= 15 is 0 Å². The Bertz CT molecular complexity index is 1040. The second-order valence-electron chi connectivity index (χ2n) is 8.01. The van der Waals surface area contributed by atoms with Crippen LogP contribution in [0.1, 0.15) is 36.1 Å². The Morgan fingerprint density at radius 2 is 2.03 bits per heavy atom. The maximum absolute atomic E-state index is 14.1. The van der Waals surface area contributed by atoms with E-state index in [0.29, 0.717) is 18.2 Å². The number of nitrogens with zero attached hydrogens (tertiary/aromatic N) is 3. The molecule has 3 aliphatic rings. The molecule has 3 heterocycles. The van der Waals surface area contributed by atoms with Crippen LogP contribution >= 0.6 is 11.3 Å². The number of likely N-dealkylation sites (tertiary alicyclic amines) is 1. The molecule has 0 radical (unpaired) electrons. The Balaban J connectivity index is 1.26. The van der Waals surface area contributed by atoms with Crippen LogP contribution in [0.3, 0.4) is 0 Å². The molecule has 0 bridgehead atoms. The summed E-state index contributed by atoms with van der Waals surface area (Å²) in [5.41, 5.74) is 4.87. The Hall–Kier alpha value is -2.27. The highest BCUT2D eigenvalue weighted by atomic mass is 32.1. The molecule has 2 aromatic rings. The fourth-order valence-electron chi connectivity index (χ4n) is 4.51. The van der Waals surface area contributed by atoms with Gasteiger partial charge in [0.05, 0.1) is 5.39 Å². The number of piperidine rings is 1. The van der Waals surface area contributed by atoms with Crippen molar-refractivity contribution in [3.8, 4) is 0 Å². The molecule has 2 aromatic heterocycles. The Labute approximate surface area is 174 Å². The van der Waals surface area contributed by atoms with Gasteiger partial charge in [0.25, 0.3) is 0 Å². The lowest BCUT2D eigenvalue weighted by Crippen LogP contribution is -2.40. The molecule has 0 amide bonds. The number of aromatic nitrogens is 2. The number of hydrogen-bond acceptors (Lipinski definition) is 5. The fourth-order valence-corrected chi connectivity index (χ4v) is 5.73. The largest absolute Gasteiger partial charge is 0.367 e. The zero-order chi connectivity index (χ0) is 19.6. The first-order valence-corrected chi connectivity index (χ1v) is 11.3. The van der Waals surface area contributed by atoms with Gasteiger partial charge in [-0.2, -0.15) is 4.39 Å². The Kier molecular flexibility index (Phi) is 5.32. The van der Waals surface area contributed by atoms with Crippen molar-refractivity contribution >= 4 is 27.4 Å². The highest BCUT2D eigenvalue weighted by molar-refractivity contribution is 7.19. The van der Waals surface area contributed by atoms with Gasteiger partial charge in [0.1, 0.15) is 17.0 Å². The lowest BCUT2D eigenvalue weighted by molar-refractivity contribution is 0.234. The predicted octanol–water partition coefficient (Wildman–Crippen LogP) is 4.95. The van der Waals surface area contributed by atoms with Crippen LogP contribution in [0.25, 0.3) is 10.2 Å². The van der Waals surface area contributed by atoms with E-state index in [1.54, 1.807) is 12.4 Å². The molecule has 150 valence electrons. The summed E-state index contributed by atoms with van der Waals surface area (Å²) in [6.45, 7) is 2.54. The predicted molar refractivity (Wildman–Crippen MR) is 117 cm³/mol. The Morgan fingerprint density at radius 1 is 1.17 bits per heavy atom. The quantitative estimate of drug-likeness (QED) is 0.727. The first-order valence-electron chi connectivity index (χ1n) is 10.5. The van der Waals surface area contributed by atoms with Crippen LogP contribution in [0.5, 0.6) is 0 Å². The second-order valence-corrected chi connectivity index (χ2v) is 9.09. The third-order valence-electron chi connectivity index (χ3n) is 6.07. The van der Waals surface area contributed by atoms with E-state index in [-0.39, 0.29) is 5.83 Å². The average Bonchev–Trinajstić information content (AvgIpc) is 3.01. The summed E-state index contributed by atoms with van der Waals surface area (Å²) in [5.74, 6) is 0.754. The summed E-state index contributed by atoms with van der Waals surface area (Å²) in [6.07, 6.45) is 15.8. The summed E-state index contributed by atoms with van der Waals surface area (Å²) in [6, 6.07) is 0.395. The number of hydrogen-bond donors (Lipinski definition) is 1. The van der Waals surface area contributed by atoms with Crippen molar-refractivity contribution in [2.45, 2.75) is 44.6 Å². The molecule has 6 heteroatoms. The van der Waals surface area contributed by atoms with Gasteiger partial charge >= 0.3 is 0 Å². The third-order valence-corrected chi connectivity index (χ3v) is 7.27. The standard InChI is InChI=1S/C23H25FN4S/c24-19-8-3-1-2-6-16(19)14-28-12-10-17(11-13-28)27-22-21-18-7-4-5-9-20(18)29-23(21)26-15-25-22/h1-3,6,15,17H,4-5,7,9-14H2,(H,25,26,27). The molecule has 0 atom stereocenters. The summed E-state index contributed by atoms with van der Waals surface area (Å²) < 4.78 is 14.1. The minimum Gasteiger partial charge on any atom is -0.367 e. The van der Waals surface area contributed by atoms with Crippen LogP contribution in [0.15, 0.2) is 47.8 Å². The van der Waals surface area contributed by atoms with Crippen molar-refractivity contribution in [1.82, 2.24) is 14.9 Å². The molecular weight excluding hydrogens is 383 g/mol. The van der Waals surface area contributed by atoms with Crippen molar-refractivity contribution in [2.24, 2.45) is 0 Å². The van der Waals surface area contributed by atoms with Gasteiger partial charge in [-0.05, 0) is 50.2 Å². The molecule has 1 N–H and O–H groups in total. The highest BCUT2D eigenvalue weighted by Crippen LogP contribution is 2.38. The van der Waals surface area contributed by atoms with Gasteiger partial charge in [-0.3, -0.25) is 4.90 Å². The molecular formula is C23H25FN4S. The van der Waals surface area contributed by atoms with E-state index in [1.165, 1.54) is 35.1 Å². The zero-order valence-corrected chi connectivity index (χ0v) is 17.3. The first-order chi connectivity index (χ1) is 14.3. The molecule has 0 saturated carbocycles. The highest BCUT2D eigenvalue weighted by Gasteiger charge is 2.24. The molecule has 4 nitrogen and oxygen atoms in total. The fraction of sp³-hybridized carbons (Fsp3) is 0.435. The lowest BCUT2D eigenvalue weighted by Gasteiger charge is -2.33. The lowest BCUT2D eigenvalue weighted by atomic mass is 9.96. The third kappa shape index (κ3) is 3.93. The number of rotatable bonds is 4. The molecule has 29 heavy (non-hydrogen) atoms. The van der Waals surface area contributed by atoms with Crippen molar-refractivity contribution in [1.29, 1.82) is 0 Å². The molecule has 0 unspecified atom stereocenters. The summed E-state index contributed by atoms with van der Waals surface area (Å²) in [4.78, 5) is 14.1. The van der Waals surface area contributed by atoms with Crippen LogP contribution in [0.2, 0.25) is 0 Å². The average molecular weight is 409 g/mol. The van der Waals surface area contributed by atoms with Crippen molar-refractivity contribution in [3.05, 3.63) is 58.2 Å². The number of nitrogens with one attached hydrogen (secondary N) is 1. The minimum absolute atomic E-state index is 0.249. The van der Waals surface area contributed by atoms with Crippen LogP contribution in [-0.2, 0) is 12.8 Å². The minimum atomic E-state index is -0.249. The van der Waals surface area contributed by atoms with Crippen molar-refractivity contribution in [2.75, 3.05) is 25.0 Å². The molecule has 1 saturated heterocycles. The molecule has 1 aliphatic heterocycles. The van der Waals surface area contributed by atoms with Gasteiger partial charge in [0, 0.05) is 36.1 Å². The van der Waals surface area contributed by atoms with Crippen molar-refractivity contribution in [3.63, 3.8) is 0 Å². The number of anilines is 1. The molecule has 0 aromatic carbocycles. The summed E-state index contributed by atoms with van der Waals surface area (Å²) in [5, 5.41) is 4.96. The van der Waals surface area contributed by atoms with Gasteiger partial charge in [-0.15, -0.1) is 11.3 Å². The molecule has 0 spiro atoms. The topological polar surface area (TPSA) is 41.0 Å². The van der Waals surface area contributed by atoms with E-state index in [0.717, 1.165) is 43.0 Å². The maximum atomic E-state index is 14.1. The Morgan fingerprint density at radius 3 is 2.93 bits per heavy atom. The molecule has 2 aliphatic carbocycles. The van der Waals surface area contributed by atoms with E-state index in [9.17, 15) is 4.39 Å². The van der Waals surface area contributed by atoms with Gasteiger partial charge in [-0.1, -0.05) is 24.0 Å².